The van der Waals surface area contributed by atoms with Crippen LogP contribution in [0.15, 0.2) is 76.7 Å². The number of hydrazone groups is 1. The normalized spacial score (nSPS) is 11.6. The lowest BCUT2D eigenvalue weighted by molar-refractivity contribution is 0.0955. The maximum atomic E-state index is 12.7. The average Bonchev–Trinajstić information content (AvgIpc) is 2.81. The number of aromatic hydroxyl groups is 1. The van der Waals surface area contributed by atoms with Gasteiger partial charge in [-0.05, 0) is 55.0 Å². The van der Waals surface area contributed by atoms with Gasteiger partial charge in [0.15, 0.2) is 0 Å². The molecule has 0 unspecified atom stereocenters. The standard InChI is InChI=1S/C24H25N3O5S/c1-17-4-11-22(12-5-17)33(30,31)27(2)16-18-6-8-19(9-7-18)24(29)26-25-15-20-14-21(32-3)10-13-23(20)28/h4-15,28H,16H2,1-3H3,(H,26,29)/b25-15+. The Bertz CT molecular complexity index is 1250. The third-order valence-corrected chi connectivity index (χ3v) is 6.77. The highest BCUT2D eigenvalue weighted by atomic mass is 32.2. The molecule has 0 aliphatic rings. The number of hydrogen-bond acceptors (Lipinski definition) is 6. The first-order valence-electron chi connectivity index (χ1n) is 10.0. The molecule has 172 valence electrons. The van der Waals surface area contributed by atoms with Crippen LogP contribution in [-0.2, 0) is 16.6 Å². The van der Waals surface area contributed by atoms with Gasteiger partial charge in [0.25, 0.3) is 5.91 Å². The molecule has 0 atom stereocenters. The molecule has 9 heteroatoms. The second-order valence-corrected chi connectivity index (χ2v) is 9.44. The molecular weight excluding hydrogens is 442 g/mol. The molecule has 0 aliphatic heterocycles. The molecule has 8 nitrogen and oxygen atoms in total. The van der Waals surface area contributed by atoms with Crippen molar-refractivity contribution in [1.82, 2.24) is 9.73 Å². The lowest BCUT2D eigenvalue weighted by atomic mass is 10.1. The van der Waals surface area contributed by atoms with Crippen LogP contribution >= 0.6 is 0 Å². The van der Waals surface area contributed by atoms with Crippen molar-refractivity contribution in [2.24, 2.45) is 5.10 Å². The first kappa shape index (κ1) is 24.0. The fourth-order valence-electron chi connectivity index (χ4n) is 2.98. The van der Waals surface area contributed by atoms with Crippen LogP contribution in [0.25, 0.3) is 0 Å². The molecule has 3 aromatic rings. The van der Waals surface area contributed by atoms with Gasteiger partial charge in [-0.15, -0.1) is 0 Å². The van der Waals surface area contributed by atoms with E-state index in [2.05, 4.69) is 10.5 Å². The summed E-state index contributed by atoms with van der Waals surface area (Å²) in [5.41, 5.74) is 4.86. The zero-order chi connectivity index (χ0) is 24.0. The summed E-state index contributed by atoms with van der Waals surface area (Å²) in [5, 5.41) is 13.7. The Morgan fingerprint density at radius 2 is 1.76 bits per heavy atom. The summed E-state index contributed by atoms with van der Waals surface area (Å²) in [4.78, 5) is 12.6. The lowest BCUT2D eigenvalue weighted by Crippen LogP contribution is -2.26. The minimum absolute atomic E-state index is 0.00265. The smallest absolute Gasteiger partial charge is 0.271 e. The fourth-order valence-corrected chi connectivity index (χ4v) is 4.14. The summed E-state index contributed by atoms with van der Waals surface area (Å²) in [5.74, 6) is 0.106. The molecule has 0 saturated heterocycles. The number of amides is 1. The summed E-state index contributed by atoms with van der Waals surface area (Å²) in [6.45, 7) is 2.05. The van der Waals surface area contributed by atoms with Crippen molar-refractivity contribution >= 4 is 22.1 Å². The van der Waals surface area contributed by atoms with Crippen LogP contribution in [0.1, 0.15) is 27.0 Å². The van der Waals surface area contributed by atoms with Crippen molar-refractivity contribution in [2.45, 2.75) is 18.4 Å². The van der Waals surface area contributed by atoms with E-state index in [-0.39, 0.29) is 17.2 Å². The Labute approximate surface area is 193 Å². The molecule has 0 aliphatic carbocycles. The number of ether oxygens (including phenoxy) is 1. The lowest BCUT2D eigenvalue weighted by Gasteiger charge is -2.17. The molecule has 0 spiro atoms. The van der Waals surface area contributed by atoms with E-state index in [0.717, 1.165) is 11.1 Å². The number of phenolic OH excluding ortho intramolecular Hbond substituents is 1. The Morgan fingerprint density at radius 1 is 1.09 bits per heavy atom. The Morgan fingerprint density at radius 3 is 2.39 bits per heavy atom. The molecule has 3 aromatic carbocycles. The van der Waals surface area contributed by atoms with Crippen LogP contribution in [-0.4, -0.2) is 44.1 Å². The Balaban J connectivity index is 1.62. The number of benzene rings is 3. The summed E-state index contributed by atoms with van der Waals surface area (Å²) >= 11 is 0. The fraction of sp³-hybridized carbons (Fsp3) is 0.167. The largest absolute Gasteiger partial charge is 0.507 e. The Kier molecular flexibility index (Phi) is 7.47. The topological polar surface area (TPSA) is 108 Å². The third kappa shape index (κ3) is 5.97. The number of methoxy groups -OCH3 is 1. The minimum Gasteiger partial charge on any atom is -0.507 e. The van der Waals surface area contributed by atoms with Crippen LogP contribution < -0.4 is 10.2 Å². The summed E-state index contributed by atoms with van der Waals surface area (Å²) in [6.07, 6.45) is 1.31. The zero-order valence-corrected chi connectivity index (χ0v) is 19.3. The van der Waals surface area contributed by atoms with Gasteiger partial charge in [0, 0.05) is 24.7 Å². The quantitative estimate of drug-likeness (QED) is 0.390. The second-order valence-electron chi connectivity index (χ2n) is 7.39. The predicted molar refractivity (Wildman–Crippen MR) is 126 cm³/mol. The molecule has 2 N–H and O–H groups in total. The van der Waals surface area contributed by atoms with Crippen LogP contribution in [0, 0.1) is 6.92 Å². The maximum absolute atomic E-state index is 12.7. The maximum Gasteiger partial charge on any atom is 0.271 e. The number of carbonyl (C=O) groups excluding carboxylic acids is 1. The van der Waals surface area contributed by atoms with E-state index >= 15 is 0 Å². The SMILES string of the molecule is COc1ccc(O)c(/C=N/NC(=O)c2ccc(CN(C)S(=O)(=O)c3ccc(C)cc3)cc2)c1. The summed E-state index contributed by atoms with van der Waals surface area (Å²) in [7, 11) is -0.601. The first-order chi connectivity index (χ1) is 15.7. The molecule has 1 amide bonds. The molecule has 0 heterocycles. The van der Waals surface area contributed by atoms with Crippen molar-refractivity contribution in [3.05, 3.63) is 89.0 Å². The second kappa shape index (κ2) is 10.3. The average molecular weight is 468 g/mol. The van der Waals surface area contributed by atoms with Crippen LogP contribution in [0.4, 0.5) is 0 Å². The minimum atomic E-state index is -3.62. The zero-order valence-electron chi connectivity index (χ0n) is 18.5. The van der Waals surface area contributed by atoms with E-state index < -0.39 is 15.9 Å². The van der Waals surface area contributed by atoms with E-state index in [1.807, 2.05) is 6.92 Å². The first-order valence-corrected chi connectivity index (χ1v) is 11.5. The van der Waals surface area contributed by atoms with E-state index in [1.54, 1.807) is 60.7 Å². The van der Waals surface area contributed by atoms with E-state index in [9.17, 15) is 18.3 Å². The van der Waals surface area contributed by atoms with Crippen LogP contribution in [0.3, 0.4) is 0 Å². The van der Waals surface area contributed by atoms with Crippen molar-refractivity contribution in [1.29, 1.82) is 0 Å². The predicted octanol–water partition coefficient (Wildman–Crippen LogP) is 3.29. The highest BCUT2D eigenvalue weighted by Gasteiger charge is 2.20. The molecular formula is C24H25N3O5S. The van der Waals surface area contributed by atoms with Crippen LogP contribution in [0.2, 0.25) is 0 Å². The molecule has 0 aromatic heterocycles. The van der Waals surface area contributed by atoms with Gasteiger partial charge in [0.1, 0.15) is 11.5 Å². The van der Waals surface area contributed by atoms with E-state index in [4.69, 9.17) is 4.74 Å². The van der Waals surface area contributed by atoms with Gasteiger partial charge in [0.05, 0.1) is 18.2 Å². The van der Waals surface area contributed by atoms with Gasteiger partial charge in [-0.3, -0.25) is 4.79 Å². The monoisotopic (exact) mass is 467 g/mol. The highest BCUT2D eigenvalue weighted by Crippen LogP contribution is 2.21. The van der Waals surface area contributed by atoms with E-state index in [0.29, 0.717) is 16.9 Å². The van der Waals surface area contributed by atoms with Gasteiger partial charge in [-0.2, -0.15) is 9.41 Å². The number of rotatable bonds is 8. The highest BCUT2D eigenvalue weighted by molar-refractivity contribution is 7.89. The van der Waals surface area contributed by atoms with Crippen molar-refractivity contribution in [3.8, 4) is 11.5 Å². The van der Waals surface area contributed by atoms with Crippen molar-refractivity contribution in [2.75, 3.05) is 14.2 Å². The third-order valence-electron chi connectivity index (χ3n) is 4.95. The number of carbonyl (C=O) groups is 1. The molecule has 33 heavy (non-hydrogen) atoms. The number of phenols is 1. The molecule has 3 rings (SSSR count). The summed E-state index contributed by atoms with van der Waals surface area (Å²) in [6, 6.07) is 17.9. The van der Waals surface area contributed by atoms with Gasteiger partial charge in [0.2, 0.25) is 10.0 Å². The van der Waals surface area contributed by atoms with E-state index in [1.165, 1.54) is 30.7 Å². The molecule has 0 fully saturated rings. The molecule has 0 saturated carbocycles. The van der Waals surface area contributed by atoms with Gasteiger partial charge < -0.3 is 9.84 Å². The van der Waals surface area contributed by atoms with Gasteiger partial charge >= 0.3 is 0 Å². The molecule has 0 bridgehead atoms. The number of aryl methyl sites for hydroxylation is 1. The van der Waals surface area contributed by atoms with Gasteiger partial charge in [-0.1, -0.05) is 29.8 Å². The van der Waals surface area contributed by atoms with Gasteiger partial charge in [-0.25, -0.2) is 13.8 Å². The number of hydrogen-bond donors (Lipinski definition) is 2. The van der Waals surface area contributed by atoms with Crippen molar-refractivity contribution < 1.29 is 23.1 Å². The number of sulfonamides is 1. The Hall–Kier alpha value is -3.69. The van der Waals surface area contributed by atoms with Crippen LogP contribution in [0.5, 0.6) is 11.5 Å². The van der Waals surface area contributed by atoms with Crippen molar-refractivity contribution in [3.63, 3.8) is 0 Å². The number of nitrogens with zero attached hydrogens (tertiary/aromatic N) is 2. The number of nitrogens with one attached hydrogen (secondary N) is 1. The molecule has 0 radical (unpaired) electrons. The summed E-state index contributed by atoms with van der Waals surface area (Å²) < 4.78 is 31.8.